The molecule has 0 saturated heterocycles. The summed E-state index contributed by atoms with van der Waals surface area (Å²) in [6.45, 7) is 1.32. The zero-order chi connectivity index (χ0) is 22.8. The predicted molar refractivity (Wildman–Crippen MR) is 119 cm³/mol. The molecule has 164 valence electrons. The van der Waals surface area contributed by atoms with Gasteiger partial charge in [0.05, 0.1) is 11.0 Å². The molecule has 0 unspecified atom stereocenters. The molecule has 2 atom stereocenters. The van der Waals surface area contributed by atoms with Crippen LogP contribution in [-0.2, 0) is 9.53 Å². The van der Waals surface area contributed by atoms with E-state index in [1.54, 1.807) is 6.07 Å². The average molecular weight is 462 g/mol. The lowest BCUT2D eigenvalue weighted by molar-refractivity contribution is -0.420. The monoisotopic (exact) mass is 461 g/mol. The van der Waals surface area contributed by atoms with Gasteiger partial charge >= 0.3 is 0 Å². The number of benzene rings is 3. The second-order valence-electron chi connectivity index (χ2n) is 6.90. The summed E-state index contributed by atoms with van der Waals surface area (Å²) in [6, 6.07) is 24.0. The van der Waals surface area contributed by atoms with Gasteiger partial charge in [-0.25, -0.2) is 0 Å². The van der Waals surface area contributed by atoms with Gasteiger partial charge in [0.15, 0.2) is 0 Å². The molecule has 0 aromatic heterocycles. The van der Waals surface area contributed by atoms with E-state index in [1.165, 1.54) is 0 Å². The van der Waals surface area contributed by atoms with E-state index in [0.717, 1.165) is 16.7 Å². The third kappa shape index (κ3) is 7.35. The highest BCUT2D eigenvalue weighted by molar-refractivity contribution is 6.35. The van der Waals surface area contributed by atoms with Gasteiger partial charge in [-0.2, -0.15) is 0 Å². The molecule has 5 nitrogen and oxygen atoms in total. The van der Waals surface area contributed by atoms with Gasteiger partial charge in [-0.1, -0.05) is 89.9 Å². The first-order chi connectivity index (χ1) is 14.8. The highest BCUT2D eigenvalue weighted by atomic mass is 35.5. The van der Waals surface area contributed by atoms with Crippen molar-refractivity contribution in [2.24, 2.45) is 0 Å². The Balaban J connectivity index is 0.000000262. The topological polar surface area (TPSA) is 97.2 Å². The molecule has 0 spiro atoms. The van der Waals surface area contributed by atoms with Crippen LogP contribution < -0.4 is 10.8 Å². The van der Waals surface area contributed by atoms with Gasteiger partial charge in [-0.05, 0) is 30.2 Å². The zero-order valence-electron chi connectivity index (χ0n) is 17.1. The Morgan fingerprint density at radius 3 is 1.90 bits per heavy atom. The van der Waals surface area contributed by atoms with Crippen molar-refractivity contribution < 1.29 is 25.5 Å². The fraction of sp³-hybridized carbons (Fsp3) is 0.208. The summed E-state index contributed by atoms with van der Waals surface area (Å²) in [5.74, 6) is -1.88. The molecule has 0 heterocycles. The van der Waals surface area contributed by atoms with E-state index in [1.807, 2.05) is 79.7 Å². The lowest BCUT2D eigenvalue weighted by Crippen LogP contribution is -2.51. The highest BCUT2D eigenvalue weighted by Gasteiger charge is 2.26. The van der Waals surface area contributed by atoms with Crippen LogP contribution in [0.15, 0.2) is 78.9 Å². The molecular formula is C24H25Cl2NO4. The van der Waals surface area contributed by atoms with Gasteiger partial charge in [0, 0.05) is 16.5 Å². The molecule has 0 aliphatic rings. The van der Waals surface area contributed by atoms with E-state index in [-0.39, 0.29) is 6.04 Å². The van der Waals surface area contributed by atoms with Crippen LogP contribution in [-0.4, -0.2) is 24.0 Å². The number of carboxylic acid groups (broad SMARTS) is 1. The molecule has 7 heteroatoms. The lowest BCUT2D eigenvalue weighted by Gasteiger charge is -2.28. The third-order valence-corrected chi connectivity index (χ3v) is 5.16. The van der Waals surface area contributed by atoms with Crippen molar-refractivity contribution >= 4 is 29.2 Å². The molecule has 0 aliphatic heterocycles. The van der Waals surface area contributed by atoms with Crippen LogP contribution in [0, 0.1) is 0 Å². The number of hydrogen-bond acceptors (Lipinski definition) is 4. The standard InChI is InChI=1S/C16H16O4.C8H9Cl2N/c17-11-20-15(16(18)19)14(12-7-3-1-4-8-12)13-9-5-2-6-10-13;1-5(11)7-3-2-6(9)4-8(7)10/h1-10,14-15,17H,11H2,(H,18,19);2-5H,11H2,1H3/t15-;5-/m01/s1. The second-order valence-corrected chi connectivity index (χ2v) is 7.74. The van der Waals surface area contributed by atoms with Crippen LogP contribution in [0.3, 0.4) is 0 Å². The van der Waals surface area contributed by atoms with Crippen molar-refractivity contribution in [3.05, 3.63) is 106 Å². The Morgan fingerprint density at radius 2 is 1.52 bits per heavy atom. The van der Waals surface area contributed by atoms with Crippen molar-refractivity contribution in [2.45, 2.75) is 25.0 Å². The van der Waals surface area contributed by atoms with Crippen molar-refractivity contribution in [1.82, 2.24) is 0 Å². The average Bonchev–Trinajstić information content (AvgIpc) is 2.75. The van der Waals surface area contributed by atoms with Gasteiger partial charge < -0.3 is 25.5 Å². The van der Waals surface area contributed by atoms with E-state index in [0.29, 0.717) is 10.0 Å². The largest absolute Gasteiger partial charge is 0.547 e. The number of aliphatic hydroxyl groups is 1. The maximum absolute atomic E-state index is 11.3. The molecule has 0 radical (unpaired) electrons. The van der Waals surface area contributed by atoms with Crippen LogP contribution in [0.2, 0.25) is 10.0 Å². The minimum Gasteiger partial charge on any atom is -0.547 e. The summed E-state index contributed by atoms with van der Waals surface area (Å²) in [4.78, 5) is 11.3. The third-order valence-electron chi connectivity index (χ3n) is 4.60. The van der Waals surface area contributed by atoms with Crippen LogP contribution in [0.5, 0.6) is 0 Å². The molecule has 0 bridgehead atoms. The highest BCUT2D eigenvalue weighted by Crippen LogP contribution is 2.29. The quantitative estimate of drug-likeness (QED) is 0.527. The van der Waals surface area contributed by atoms with Crippen molar-refractivity contribution in [3.8, 4) is 0 Å². The van der Waals surface area contributed by atoms with Crippen molar-refractivity contribution in [1.29, 1.82) is 0 Å². The number of aliphatic carboxylic acids is 1. The van der Waals surface area contributed by atoms with Crippen molar-refractivity contribution in [3.63, 3.8) is 0 Å². The van der Waals surface area contributed by atoms with E-state index in [9.17, 15) is 9.90 Å². The number of carbonyl (C=O) groups is 1. The Kier molecular flexibility index (Phi) is 9.98. The first-order valence-electron chi connectivity index (χ1n) is 9.66. The van der Waals surface area contributed by atoms with Gasteiger partial charge in [-0.3, -0.25) is 0 Å². The number of aliphatic hydroxyl groups excluding tert-OH is 1. The first kappa shape index (κ1) is 24.9. The molecule has 3 aromatic carbocycles. The molecular weight excluding hydrogens is 437 g/mol. The van der Waals surface area contributed by atoms with Crippen molar-refractivity contribution in [2.75, 3.05) is 6.79 Å². The first-order valence-corrected chi connectivity index (χ1v) is 10.4. The van der Waals surface area contributed by atoms with Gasteiger partial charge in [0.25, 0.3) is 0 Å². The van der Waals surface area contributed by atoms with E-state index in [4.69, 9.17) is 33.0 Å². The molecule has 0 saturated carbocycles. The molecule has 3 aromatic rings. The summed E-state index contributed by atoms with van der Waals surface area (Å²) in [5.41, 5.74) is 6.50. The maximum atomic E-state index is 11.3. The fourth-order valence-corrected chi connectivity index (χ4v) is 3.74. The molecule has 0 fully saturated rings. The maximum Gasteiger partial charge on any atom is 0.144 e. The summed E-state index contributed by atoms with van der Waals surface area (Å²) in [5, 5.41) is 21.6. The van der Waals surface area contributed by atoms with Crippen LogP contribution in [0.1, 0.15) is 35.6 Å². The number of halogens is 2. The molecule has 4 N–H and O–H groups in total. The predicted octanol–water partition coefficient (Wildman–Crippen LogP) is 3.20. The normalized spacial score (nSPS) is 12.6. The summed E-state index contributed by atoms with van der Waals surface area (Å²) < 4.78 is 4.97. The molecule has 31 heavy (non-hydrogen) atoms. The Hall–Kier alpha value is -2.41. The Labute approximate surface area is 192 Å². The number of carboxylic acids is 1. The SMILES string of the molecule is C[C@@H]([NH3+])c1ccc(Cl)cc1Cl.O=C([O-])[C@@H](OCO)C(c1ccccc1)c1ccccc1. The summed E-state index contributed by atoms with van der Waals surface area (Å²) in [7, 11) is 0. The minimum absolute atomic E-state index is 0.208. The Bertz CT molecular complexity index is 913. The zero-order valence-corrected chi connectivity index (χ0v) is 18.6. The minimum atomic E-state index is -1.35. The van der Waals surface area contributed by atoms with Gasteiger partial charge in [-0.15, -0.1) is 0 Å². The number of hydrogen-bond donors (Lipinski definition) is 2. The smallest absolute Gasteiger partial charge is 0.144 e. The summed E-state index contributed by atoms with van der Waals surface area (Å²) in [6.07, 6.45) is -1.25. The van der Waals surface area contributed by atoms with E-state index >= 15 is 0 Å². The van der Waals surface area contributed by atoms with Crippen LogP contribution >= 0.6 is 23.2 Å². The molecule has 3 rings (SSSR count). The number of ether oxygens (including phenoxy) is 1. The lowest BCUT2D eigenvalue weighted by atomic mass is 9.86. The summed E-state index contributed by atoms with van der Waals surface area (Å²) >= 11 is 11.6. The molecule has 0 aliphatic carbocycles. The van der Waals surface area contributed by atoms with Gasteiger partial charge in [0.1, 0.15) is 18.9 Å². The fourth-order valence-electron chi connectivity index (χ4n) is 3.14. The van der Waals surface area contributed by atoms with Gasteiger partial charge in [0.2, 0.25) is 0 Å². The number of quaternary nitrogens is 1. The number of rotatable bonds is 7. The number of carbonyl (C=O) groups excluding carboxylic acids is 1. The van der Waals surface area contributed by atoms with Crippen LogP contribution in [0.25, 0.3) is 0 Å². The second kappa shape index (κ2) is 12.4. The Morgan fingerprint density at radius 1 is 1.00 bits per heavy atom. The van der Waals surface area contributed by atoms with Crippen LogP contribution in [0.4, 0.5) is 0 Å². The van der Waals surface area contributed by atoms with E-state index in [2.05, 4.69) is 5.73 Å². The van der Waals surface area contributed by atoms with E-state index < -0.39 is 24.8 Å². The molecule has 0 amide bonds.